The van der Waals surface area contributed by atoms with Gasteiger partial charge in [0, 0.05) is 43.0 Å². The first-order valence-corrected chi connectivity index (χ1v) is 12.5. The van der Waals surface area contributed by atoms with E-state index in [1.165, 1.54) is 30.6 Å². The minimum absolute atomic E-state index is 0.0420. The highest BCUT2D eigenvalue weighted by molar-refractivity contribution is 7.18. The predicted molar refractivity (Wildman–Crippen MR) is 126 cm³/mol. The zero-order chi connectivity index (χ0) is 22.7. The molecule has 1 saturated heterocycles. The molecule has 1 aliphatic carbocycles. The van der Waals surface area contributed by atoms with E-state index in [4.69, 9.17) is 0 Å². The molecule has 0 unspecified atom stereocenters. The number of rotatable bonds is 5. The molecule has 4 rings (SSSR count). The van der Waals surface area contributed by atoms with Crippen LogP contribution in [0, 0.1) is 13.8 Å². The van der Waals surface area contributed by atoms with E-state index in [1.54, 1.807) is 10.9 Å². The fraction of sp³-hybridized carbons (Fsp3) is 0.652. The Morgan fingerprint density at radius 2 is 1.72 bits per heavy atom. The van der Waals surface area contributed by atoms with Crippen LogP contribution in [0.15, 0.2) is 11.1 Å². The Bertz CT molecular complexity index is 1030. The van der Waals surface area contributed by atoms with Crippen LogP contribution in [0.1, 0.15) is 61.8 Å². The van der Waals surface area contributed by atoms with Gasteiger partial charge in [0.2, 0.25) is 5.91 Å². The van der Waals surface area contributed by atoms with Crippen LogP contribution >= 0.6 is 11.3 Å². The van der Waals surface area contributed by atoms with Gasteiger partial charge in [0.1, 0.15) is 4.83 Å². The molecule has 3 amide bonds. The van der Waals surface area contributed by atoms with E-state index in [1.807, 2.05) is 18.7 Å². The third-order valence-electron chi connectivity index (χ3n) is 6.85. The largest absolute Gasteiger partial charge is 0.342 e. The molecule has 0 atom stereocenters. The number of carbonyl (C=O) groups excluding carboxylic acids is 2. The Hall–Kier alpha value is -2.42. The predicted octanol–water partition coefficient (Wildman–Crippen LogP) is 3.09. The normalized spacial score (nSPS) is 18.1. The maximum atomic E-state index is 12.8. The third-order valence-corrected chi connectivity index (χ3v) is 7.96. The molecule has 1 aliphatic heterocycles. The van der Waals surface area contributed by atoms with Crippen molar-refractivity contribution in [1.82, 2.24) is 25.1 Å². The number of nitrogens with one attached hydrogen (secondary N) is 2. The van der Waals surface area contributed by atoms with Crippen LogP contribution in [0.25, 0.3) is 10.2 Å². The van der Waals surface area contributed by atoms with Gasteiger partial charge in [0.15, 0.2) is 0 Å². The minimum atomic E-state index is -0.0806. The molecule has 0 radical (unpaired) electrons. The summed E-state index contributed by atoms with van der Waals surface area (Å²) in [7, 11) is 0. The Balaban J connectivity index is 1.24. The maximum Gasteiger partial charge on any atom is 0.315 e. The van der Waals surface area contributed by atoms with E-state index >= 15 is 0 Å². The van der Waals surface area contributed by atoms with Crippen LogP contribution in [0.4, 0.5) is 4.79 Å². The van der Waals surface area contributed by atoms with Crippen molar-refractivity contribution >= 4 is 33.5 Å². The number of likely N-dealkylation sites (tertiary alicyclic amines) is 1. The first kappa shape index (κ1) is 22.8. The first-order valence-electron chi connectivity index (χ1n) is 11.7. The molecule has 2 aliphatic rings. The molecule has 8 nitrogen and oxygen atoms in total. The SMILES string of the molecule is Cc1sc2ncn(CCC(=O)N3CCC(NC(=O)NC4CCCCC4)CC3)c(=O)c2c1C. The summed E-state index contributed by atoms with van der Waals surface area (Å²) in [6, 6.07) is 0.314. The van der Waals surface area contributed by atoms with Crippen LogP contribution in [-0.4, -0.2) is 51.6 Å². The van der Waals surface area contributed by atoms with Crippen molar-refractivity contribution in [2.75, 3.05) is 13.1 Å². The van der Waals surface area contributed by atoms with Crippen LogP contribution in [0.3, 0.4) is 0 Å². The zero-order valence-electron chi connectivity index (χ0n) is 19.0. The van der Waals surface area contributed by atoms with Crippen molar-refractivity contribution in [3.8, 4) is 0 Å². The number of aryl methyl sites for hydroxylation is 3. The van der Waals surface area contributed by atoms with Crippen LogP contribution < -0.4 is 16.2 Å². The van der Waals surface area contributed by atoms with Gasteiger partial charge < -0.3 is 15.5 Å². The second-order valence-corrected chi connectivity index (χ2v) is 10.3. The van der Waals surface area contributed by atoms with E-state index in [2.05, 4.69) is 15.6 Å². The van der Waals surface area contributed by atoms with Gasteiger partial charge in [-0.1, -0.05) is 19.3 Å². The molecule has 9 heteroatoms. The summed E-state index contributed by atoms with van der Waals surface area (Å²) in [6.07, 6.45) is 9.11. The van der Waals surface area contributed by atoms with Crippen LogP contribution in [0.2, 0.25) is 0 Å². The molecule has 2 aromatic rings. The van der Waals surface area contributed by atoms with Crippen molar-refractivity contribution in [2.45, 2.75) is 83.8 Å². The Morgan fingerprint density at radius 3 is 2.41 bits per heavy atom. The highest BCUT2D eigenvalue weighted by Gasteiger charge is 2.25. The Kier molecular flexibility index (Phi) is 7.13. The summed E-state index contributed by atoms with van der Waals surface area (Å²) in [6.45, 7) is 5.52. The topological polar surface area (TPSA) is 96.3 Å². The molecule has 1 saturated carbocycles. The van der Waals surface area contributed by atoms with Gasteiger partial charge in [0.25, 0.3) is 5.56 Å². The van der Waals surface area contributed by atoms with E-state index in [0.717, 1.165) is 41.0 Å². The van der Waals surface area contributed by atoms with E-state index in [9.17, 15) is 14.4 Å². The van der Waals surface area contributed by atoms with Crippen molar-refractivity contribution in [1.29, 1.82) is 0 Å². The van der Waals surface area contributed by atoms with Crippen molar-refractivity contribution < 1.29 is 9.59 Å². The highest BCUT2D eigenvalue weighted by atomic mass is 32.1. The average Bonchev–Trinajstić information content (AvgIpc) is 3.08. The molecule has 3 heterocycles. The summed E-state index contributed by atoms with van der Waals surface area (Å²) in [5, 5.41) is 6.84. The number of nitrogens with zero attached hydrogens (tertiary/aromatic N) is 3. The van der Waals surface area contributed by atoms with Gasteiger partial charge in [0.05, 0.1) is 11.7 Å². The Morgan fingerprint density at radius 1 is 1.06 bits per heavy atom. The number of hydrogen-bond acceptors (Lipinski definition) is 5. The fourth-order valence-electron chi connectivity index (χ4n) is 4.74. The number of thiophene rings is 1. The van der Waals surface area contributed by atoms with Gasteiger partial charge in [-0.3, -0.25) is 14.2 Å². The summed E-state index contributed by atoms with van der Waals surface area (Å²) in [4.78, 5) is 45.9. The van der Waals surface area contributed by atoms with Gasteiger partial charge in [-0.15, -0.1) is 11.3 Å². The molecule has 2 fully saturated rings. The summed E-state index contributed by atoms with van der Waals surface area (Å²) in [5.74, 6) is 0.0420. The molecule has 174 valence electrons. The van der Waals surface area contributed by atoms with E-state index in [-0.39, 0.29) is 30.0 Å². The quantitative estimate of drug-likeness (QED) is 0.718. The summed E-state index contributed by atoms with van der Waals surface area (Å²) in [5.41, 5.74) is 0.904. The van der Waals surface area contributed by atoms with Crippen molar-refractivity contribution in [3.05, 3.63) is 27.1 Å². The lowest BCUT2D eigenvalue weighted by molar-refractivity contribution is -0.132. The van der Waals surface area contributed by atoms with E-state index < -0.39 is 0 Å². The van der Waals surface area contributed by atoms with Crippen molar-refractivity contribution in [3.63, 3.8) is 0 Å². The van der Waals surface area contributed by atoms with Gasteiger partial charge >= 0.3 is 6.03 Å². The van der Waals surface area contributed by atoms with Crippen LogP contribution in [-0.2, 0) is 11.3 Å². The number of piperidine rings is 1. The lowest BCUT2D eigenvalue weighted by Gasteiger charge is -2.33. The molecule has 0 aromatic carbocycles. The number of amides is 3. The molecular weight excluding hydrogens is 426 g/mol. The second-order valence-electron chi connectivity index (χ2n) is 9.06. The third kappa shape index (κ3) is 5.14. The molecular formula is C23H33N5O3S. The molecule has 0 spiro atoms. The lowest BCUT2D eigenvalue weighted by atomic mass is 9.96. The van der Waals surface area contributed by atoms with Gasteiger partial charge in [-0.2, -0.15) is 0 Å². The monoisotopic (exact) mass is 459 g/mol. The Labute approximate surface area is 192 Å². The smallest absolute Gasteiger partial charge is 0.315 e. The molecule has 2 aromatic heterocycles. The molecule has 2 N–H and O–H groups in total. The number of carbonyl (C=O) groups is 2. The van der Waals surface area contributed by atoms with E-state index in [0.29, 0.717) is 31.1 Å². The highest BCUT2D eigenvalue weighted by Crippen LogP contribution is 2.25. The lowest BCUT2D eigenvalue weighted by Crippen LogP contribution is -2.51. The number of hydrogen-bond donors (Lipinski definition) is 2. The van der Waals surface area contributed by atoms with Crippen molar-refractivity contribution in [2.24, 2.45) is 0 Å². The summed E-state index contributed by atoms with van der Waals surface area (Å²) >= 11 is 1.53. The fourth-order valence-corrected chi connectivity index (χ4v) is 5.72. The summed E-state index contributed by atoms with van der Waals surface area (Å²) < 4.78 is 1.54. The van der Waals surface area contributed by atoms with Gasteiger partial charge in [-0.05, 0) is 45.1 Å². The molecule has 0 bridgehead atoms. The maximum absolute atomic E-state index is 12.8. The number of urea groups is 1. The number of aromatic nitrogens is 2. The average molecular weight is 460 g/mol. The minimum Gasteiger partial charge on any atom is -0.342 e. The van der Waals surface area contributed by atoms with Gasteiger partial charge in [-0.25, -0.2) is 9.78 Å². The standard InChI is InChI=1S/C23H33N5O3S/c1-15-16(2)32-21-20(15)22(30)28(14-24-21)13-10-19(29)27-11-8-18(9-12-27)26-23(31)25-17-6-4-3-5-7-17/h14,17-18H,3-13H2,1-2H3,(H2,25,26,31). The first-order chi connectivity index (χ1) is 15.4. The zero-order valence-corrected chi connectivity index (χ0v) is 19.8. The second kappa shape index (κ2) is 10.0. The number of fused-ring (bicyclic) bond motifs is 1. The molecule has 32 heavy (non-hydrogen) atoms. The van der Waals surface area contributed by atoms with Crippen LogP contribution in [0.5, 0.6) is 0 Å².